The number of hydrogen-bond donors (Lipinski definition) is 2. The van der Waals surface area contributed by atoms with Gasteiger partial charge in [-0.3, -0.25) is 0 Å². The monoisotopic (exact) mass is 311 g/mol. The normalized spacial score (nSPS) is 18.7. The van der Waals surface area contributed by atoms with E-state index < -0.39 is 6.23 Å². The summed E-state index contributed by atoms with van der Waals surface area (Å²) in [6, 6.07) is 9.79. The van der Waals surface area contributed by atoms with Crippen LogP contribution in [0.3, 0.4) is 0 Å². The Morgan fingerprint density at radius 1 is 1.32 bits per heavy atom. The Morgan fingerprint density at radius 3 is 3.00 bits per heavy atom. The number of nitrogens with zero attached hydrogens (tertiary/aromatic N) is 2. The van der Waals surface area contributed by atoms with Crippen LogP contribution in [0.15, 0.2) is 42.7 Å². The van der Waals surface area contributed by atoms with Crippen molar-refractivity contribution in [2.45, 2.75) is 6.23 Å². The first-order chi connectivity index (χ1) is 10.6. The summed E-state index contributed by atoms with van der Waals surface area (Å²) in [5, 5.41) is 14.7. The molecule has 4 nitrogen and oxygen atoms in total. The number of fused-ring (bicyclic) bond motifs is 2. The van der Waals surface area contributed by atoms with Gasteiger partial charge in [0.15, 0.2) is 6.23 Å². The number of benzene rings is 1. The maximum absolute atomic E-state index is 10.3. The van der Waals surface area contributed by atoms with Gasteiger partial charge in [-0.2, -0.15) is 0 Å². The maximum Gasteiger partial charge on any atom is 0.151 e. The first kappa shape index (κ1) is 13.4. The molecule has 1 aliphatic rings. The molecule has 110 valence electrons. The third-order valence-electron chi connectivity index (χ3n) is 4.02. The number of anilines is 1. The van der Waals surface area contributed by atoms with E-state index in [1.807, 2.05) is 54.2 Å². The zero-order valence-corrected chi connectivity index (χ0v) is 12.7. The minimum Gasteiger partial charge on any atom is -0.369 e. The van der Waals surface area contributed by atoms with Crippen LogP contribution in [0.2, 0.25) is 5.15 Å². The summed E-state index contributed by atoms with van der Waals surface area (Å²) in [7, 11) is 1.97. The van der Waals surface area contributed by atoms with Crippen LogP contribution in [0, 0.1) is 0 Å². The van der Waals surface area contributed by atoms with E-state index in [0.717, 1.165) is 33.3 Å². The summed E-state index contributed by atoms with van der Waals surface area (Å²) in [5.74, 6) is 0. The predicted octanol–water partition coefficient (Wildman–Crippen LogP) is 3.51. The van der Waals surface area contributed by atoms with E-state index in [-0.39, 0.29) is 0 Å². The van der Waals surface area contributed by atoms with Crippen molar-refractivity contribution in [3.8, 4) is 0 Å². The van der Waals surface area contributed by atoms with E-state index in [1.54, 1.807) is 6.20 Å². The van der Waals surface area contributed by atoms with Gasteiger partial charge in [-0.05, 0) is 18.2 Å². The number of halogens is 1. The second kappa shape index (κ2) is 4.87. The van der Waals surface area contributed by atoms with Crippen molar-refractivity contribution < 1.29 is 5.11 Å². The van der Waals surface area contributed by atoms with Crippen LogP contribution in [-0.4, -0.2) is 20.9 Å². The highest BCUT2D eigenvalue weighted by Gasteiger charge is 2.24. The largest absolute Gasteiger partial charge is 0.369 e. The number of aromatic nitrogens is 2. The first-order valence-corrected chi connectivity index (χ1v) is 7.38. The van der Waals surface area contributed by atoms with Crippen molar-refractivity contribution in [1.29, 1.82) is 0 Å². The van der Waals surface area contributed by atoms with E-state index in [0.29, 0.717) is 5.15 Å². The Labute approximate surface area is 132 Å². The minimum absolute atomic E-state index is 0.471. The van der Waals surface area contributed by atoms with Crippen LogP contribution in [0.25, 0.3) is 22.6 Å². The molecule has 0 aliphatic carbocycles. The molecule has 3 heterocycles. The van der Waals surface area contributed by atoms with Crippen LogP contribution in [0.4, 0.5) is 5.69 Å². The fraction of sp³-hybridized carbons (Fsp3) is 0.118. The third-order valence-corrected chi connectivity index (χ3v) is 4.31. The van der Waals surface area contributed by atoms with Gasteiger partial charge in [0, 0.05) is 47.2 Å². The molecule has 2 aromatic heterocycles. The number of aliphatic hydroxyl groups excluding tert-OH is 1. The van der Waals surface area contributed by atoms with Crippen molar-refractivity contribution in [3.63, 3.8) is 0 Å². The highest BCUT2D eigenvalue weighted by atomic mass is 35.5. The van der Waals surface area contributed by atoms with Crippen molar-refractivity contribution in [2.75, 3.05) is 5.32 Å². The van der Waals surface area contributed by atoms with Gasteiger partial charge in [0.05, 0.1) is 5.52 Å². The van der Waals surface area contributed by atoms with Gasteiger partial charge in [0.1, 0.15) is 5.15 Å². The third kappa shape index (κ3) is 1.92. The van der Waals surface area contributed by atoms with E-state index in [2.05, 4.69) is 10.3 Å². The molecule has 0 bridgehead atoms. The average molecular weight is 312 g/mol. The highest BCUT2D eigenvalue weighted by molar-refractivity contribution is 6.34. The summed E-state index contributed by atoms with van der Waals surface area (Å²) >= 11 is 6.27. The van der Waals surface area contributed by atoms with Crippen molar-refractivity contribution >= 4 is 39.8 Å². The van der Waals surface area contributed by atoms with E-state index in [1.165, 1.54) is 0 Å². The lowest BCUT2D eigenvalue weighted by molar-refractivity contribution is 0.266. The standard InChI is InChI=1S/C17H14ClN3O/c1-21-9-10(15-14(21)6-7-19-16(15)18)8-12-11-4-2-3-5-13(11)20-17(12)22/h2-9,17,20,22H,1H3. The zero-order chi connectivity index (χ0) is 15.3. The van der Waals surface area contributed by atoms with Crippen LogP contribution in [-0.2, 0) is 7.05 Å². The Bertz CT molecular complexity index is 913. The zero-order valence-electron chi connectivity index (χ0n) is 11.9. The molecule has 22 heavy (non-hydrogen) atoms. The number of aliphatic hydroxyl groups is 1. The molecule has 2 N–H and O–H groups in total. The van der Waals surface area contributed by atoms with Crippen LogP contribution in [0.1, 0.15) is 11.1 Å². The molecule has 0 radical (unpaired) electrons. The van der Waals surface area contributed by atoms with Gasteiger partial charge < -0.3 is 15.0 Å². The lowest BCUT2D eigenvalue weighted by Crippen LogP contribution is -2.12. The minimum atomic E-state index is -0.719. The quantitative estimate of drug-likeness (QED) is 0.676. The molecule has 0 fully saturated rings. The second-order valence-electron chi connectivity index (χ2n) is 5.38. The summed E-state index contributed by atoms with van der Waals surface area (Å²) < 4.78 is 2.01. The smallest absolute Gasteiger partial charge is 0.151 e. The van der Waals surface area contributed by atoms with Crippen LogP contribution in [0.5, 0.6) is 0 Å². The molecule has 1 aromatic carbocycles. The number of para-hydroxylation sites is 1. The molecule has 1 unspecified atom stereocenters. The molecular formula is C17H14ClN3O. The Hall–Kier alpha value is -2.30. The molecular weight excluding hydrogens is 298 g/mol. The molecule has 0 amide bonds. The van der Waals surface area contributed by atoms with E-state index in [4.69, 9.17) is 11.6 Å². The average Bonchev–Trinajstić information content (AvgIpc) is 2.99. The molecule has 0 saturated carbocycles. The second-order valence-corrected chi connectivity index (χ2v) is 5.74. The summed E-state index contributed by atoms with van der Waals surface area (Å²) in [4.78, 5) is 4.16. The van der Waals surface area contributed by atoms with Crippen molar-refractivity contribution in [1.82, 2.24) is 9.55 Å². The van der Waals surface area contributed by atoms with Gasteiger partial charge in [-0.1, -0.05) is 29.8 Å². The van der Waals surface area contributed by atoms with Gasteiger partial charge in [0.25, 0.3) is 0 Å². The molecule has 5 heteroatoms. The van der Waals surface area contributed by atoms with Crippen LogP contribution >= 0.6 is 11.6 Å². The number of nitrogens with one attached hydrogen (secondary N) is 1. The highest BCUT2D eigenvalue weighted by Crippen LogP contribution is 2.37. The molecule has 3 aromatic rings. The fourth-order valence-electron chi connectivity index (χ4n) is 3.00. The van der Waals surface area contributed by atoms with E-state index in [9.17, 15) is 5.11 Å². The van der Waals surface area contributed by atoms with E-state index >= 15 is 0 Å². The number of pyridine rings is 1. The number of aryl methyl sites for hydroxylation is 1. The van der Waals surface area contributed by atoms with Gasteiger partial charge in [-0.25, -0.2) is 4.98 Å². The number of rotatable bonds is 1. The molecule has 0 saturated heterocycles. The lowest BCUT2D eigenvalue weighted by atomic mass is 10.0. The summed E-state index contributed by atoms with van der Waals surface area (Å²) in [6.07, 6.45) is 4.95. The maximum atomic E-state index is 10.3. The van der Waals surface area contributed by atoms with Crippen molar-refractivity contribution in [3.05, 3.63) is 59.0 Å². The Kier molecular flexibility index (Phi) is 2.96. The first-order valence-electron chi connectivity index (χ1n) is 7.00. The molecule has 0 spiro atoms. The molecule has 1 atom stereocenters. The Balaban J connectivity index is 1.94. The van der Waals surface area contributed by atoms with Crippen molar-refractivity contribution in [2.24, 2.45) is 7.05 Å². The number of hydrogen-bond acceptors (Lipinski definition) is 3. The van der Waals surface area contributed by atoms with Gasteiger partial charge in [0.2, 0.25) is 0 Å². The fourth-order valence-corrected chi connectivity index (χ4v) is 3.26. The summed E-state index contributed by atoms with van der Waals surface area (Å²) in [6.45, 7) is 0. The molecule has 1 aliphatic heterocycles. The topological polar surface area (TPSA) is 50.1 Å². The lowest BCUT2D eigenvalue weighted by Gasteiger charge is -2.05. The molecule has 4 rings (SSSR count). The van der Waals surface area contributed by atoms with Gasteiger partial charge >= 0.3 is 0 Å². The predicted molar refractivity (Wildman–Crippen MR) is 89.7 cm³/mol. The SMILES string of the molecule is Cn1cc(C=C2c3ccccc3NC2O)c2c(Cl)nccc21. The van der Waals surface area contributed by atoms with Gasteiger partial charge in [-0.15, -0.1) is 0 Å². The Morgan fingerprint density at radius 2 is 2.14 bits per heavy atom. The van der Waals surface area contributed by atoms with Crippen LogP contribution < -0.4 is 5.32 Å². The summed E-state index contributed by atoms with van der Waals surface area (Å²) in [5.41, 5.74) is 4.74.